The van der Waals surface area contributed by atoms with Gasteiger partial charge in [0.1, 0.15) is 25.5 Å². The normalized spacial score (nSPS) is 11.2. The summed E-state index contributed by atoms with van der Waals surface area (Å²) in [5.41, 5.74) is 1.76. The van der Waals surface area contributed by atoms with Gasteiger partial charge in [-0.15, -0.1) is 11.8 Å². The average Bonchev–Trinajstić information content (AvgIpc) is 2.68. The van der Waals surface area contributed by atoms with Crippen LogP contribution in [0.5, 0.6) is 5.75 Å². The fourth-order valence-electron chi connectivity index (χ4n) is 2.60. The number of esters is 1. The van der Waals surface area contributed by atoms with E-state index in [2.05, 4.69) is 4.72 Å². The van der Waals surface area contributed by atoms with E-state index in [1.807, 2.05) is 32.0 Å². The molecule has 0 aliphatic heterocycles. The fraction of sp³-hybridized carbons (Fsp3) is 0.316. The molecule has 0 amide bonds. The Morgan fingerprint density at radius 3 is 2.40 bits per heavy atom. The van der Waals surface area contributed by atoms with Crippen LogP contribution in [0, 0.1) is 24.0 Å². The van der Waals surface area contributed by atoms with E-state index in [9.17, 15) is 23.3 Å². The molecular formula is C19H22N2O7S2. The first kappa shape index (κ1) is 23.6. The van der Waals surface area contributed by atoms with Gasteiger partial charge in [0.2, 0.25) is 10.0 Å². The fourth-order valence-corrected chi connectivity index (χ4v) is 4.13. The molecule has 0 unspecified atom stereocenters. The molecule has 0 atom stereocenters. The highest BCUT2D eigenvalue weighted by Gasteiger charge is 2.22. The van der Waals surface area contributed by atoms with Gasteiger partial charge in [-0.05, 0) is 55.5 Å². The summed E-state index contributed by atoms with van der Waals surface area (Å²) in [4.78, 5) is 22.3. The molecule has 30 heavy (non-hydrogen) atoms. The molecule has 0 saturated heterocycles. The lowest BCUT2D eigenvalue weighted by Crippen LogP contribution is -2.31. The highest BCUT2D eigenvalue weighted by Crippen LogP contribution is 2.29. The predicted octanol–water partition coefficient (Wildman–Crippen LogP) is 2.83. The molecular weight excluding hydrogens is 432 g/mol. The van der Waals surface area contributed by atoms with Crippen molar-refractivity contribution in [2.24, 2.45) is 0 Å². The Morgan fingerprint density at radius 2 is 1.80 bits per heavy atom. The van der Waals surface area contributed by atoms with Crippen LogP contribution >= 0.6 is 11.8 Å². The predicted molar refractivity (Wildman–Crippen MR) is 112 cm³/mol. The lowest BCUT2D eigenvalue weighted by atomic mass is 10.1. The zero-order valence-corrected chi connectivity index (χ0v) is 18.3. The van der Waals surface area contributed by atoms with Gasteiger partial charge in [0.25, 0.3) is 5.69 Å². The number of hydrogen-bond acceptors (Lipinski definition) is 8. The standard InChI is InChI=1S/C19H22N2O7S2/c1-13-8-14(2)10-15(9-13)27-6-7-28-19(22)12-20-30(25,26)16-4-5-18(29-3)17(11-16)21(23)24/h4-5,8-11,20H,6-7,12H2,1-3H3. The van der Waals surface area contributed by atoms with E-state index >= 15 is 0 Å². The van der Waals surface area contributed by atoms with Crippen LogP contribution in [0.25, 0.3) is 0 Å². The molecule has 0 radical (unpaired) electrons. The molecule has 11 heteroatoms. The van der Waals surface area contributed by atoms with Gasteiger partial charge in [0.05, 0.1) is 14.7 Å². The number of thioether (sulfide) groups is 1. The number of benzene rings is 2. The molecule has 0 heterocycles. The molecule has 1 N–H and O–H groups in total. The number of nitrogens with one attached hydrogen (secondary N) is 1. The first-order chi connectivity index (χ1) is 14.1. The van der Waals surface area contributed by atoms with Gasteiger partial charge in [-0.1, -0.05) is 6.07 Å². The van der Waals surface area contributed by atoms with Gasteiger partial charge in [-0.3, -0.25) is 14.9 Å². The van der Waals surface area contributed by atoms with Crippen molar-refractivity contribution in [3.63, 3.8) is 0 Å². The number of nitrogens with zero attached hydrogens (tertiary/aromatic N) is 1. The minimum Gasteiger partial charge on any atom is -0.490 e. The van der Waals surface area contributed by atoms with Crippen LogP contribution in [-0.4, -0.2) is 45.3 Å². The summed E-state index contributed by atoms with van der Waals surface area (Å²) in [6.45, 7) is 3.33. The second-order valence-electron chi connectivity index (χ2n) is 6.31. The maximum absolute atomic E-state index is 12.3. The summed E-state index contributed by atoms with van der Waals surface area (Å²) in [6, 6.07) is 9.25. The van der Waals surface area contributed by atoms with Gasteiger partial charge in [0, 0.05) is 6.07 Å². The molecule has 0 saturated carbocycles. The third kappa shape index (κ3) is 6.71. The molecule has 162 valence electrons. The Hall–Kier alpha value is -2.63. The molecule has 2 rings (SSSR count). The Kier molecular flexibility index (Phi) is 8.21. The van der Waals surface area contributed by atoms with E-state index < -0.39 is 27.5 Å². The van der Waals surface area contributed by atoms with Crippen LogP contribution in [0.1, 0.15) is 11.1 Å². The van der Waals surface area contributed by atoms with Gasteiger partial charge in [-0.25, -0.2) is 8.42 Å². The van der Waals surface area contributed by atoms with Crippen LogP contribution in [0.4, 0.5) is 5.69 Å². The number of carbonyl (C=O) groups excluding carboxylic acids is 1. The van der Waals surface area contributed by atoms with E-state index in [0.29, 0.717) is 10.6 Å². The topological polar surface area (TPSA) is 125 Å². The van der Waals surface area contributed by atoms with Crippen LogP contribution in [0.2, 0.25) is 0 Å². The Labute approximate surface area is 179 Å². The first-order valence-electron chi connectivity index (χ1n) is 8.81. The van der Waals surface area contributed by atoms with E-state index in [0.717, 1.165) is 29.0 Å². The number of sulfonamides is 1. The minimum atomic E-state index is -4.12. The maximum atomic E-state index is 12.3. The number of aryl methyl sites for hydroxylation is 2. The number of nitro groups is 1. The highest BCUT2D eigenvalue weighted by atomic mass is 32.2. The Balaban J connectivity index is 1.86. The van der Waals surface area contributed by atoms with Crippen molar-refractivity contribution in [2.75, 3.05) is 26.0 Å². The SMILES string of the molecule is CSc1ccc(S(=O)(=O)NCC(=O)OCCOc2cc(C)cc(C)c2)cc1[N+](=O)[O-]. The highest BCUT2D eigenvalue weighted by molar-refractivity contribution is 7.98. The molecule has 9 nitrogen and oxygen atoms in total. The summed E-state index contributed by atoms with van der Waals surface area (Å²) in [7, 11) is -4.12. The minimum absolute atomic E-state index is 0.0541. The molecule has 2 aromatic rings. The van der Waals surface area contributed by atoms with Crippen LogP contribution in [-0.2, 0) is 19.6 Å². The number of ether oxygens (including phenoxy) is 2. The molecule has 0 aliphatic rings. The summed E-state index contributed by atoms with van der Waals surface area (Å²) in [5, 5.41) is 11.1. The van der Waals surface area contributed by atoms with Crippen molar-refractivity contribution in [1.29, 1.82) is 0 Å². The van der Waals surface area contributed by atoms with Crippen LogP contribution in [0.15, 0.2) is 46.2 Å². The zero-order chi connectivity index (χ0) is 22.3. The van der Waals surface area contributed by atoms with Crippen molar-refractivity contribution in [1.82, 2.24) is 4.72 Å². The zero-order valence-electron chi connectivity index (χ0n) is 16.7. The molecule has 0 spiro atoms. The summed E-state index contributed by atoms with van der Waals surface area (Å²) < 4.78 is 37.2. The van der Waals surface area contributed by atoms with E-state index in [1.54, 1.807) is 6.26 Å². The number of rotatable bonds is 10. The third-order valence-electron chi connectivity index (χ3n) is 3.87. The number of carbonyl (C=O) groups is 1. The van der Waals surface area contributed by atoms with Crippen molar-refractivity contribution >= 4 is 33.4 Å². The maximum Gasteiger partial charge on any atom is 0.321 e. The van der Waals surface area contributed by atoms with Crippen molar-refractivity contribution in [3.05, 3.63) is 57.6 Å². The monoisotopic (exact) mass is 454 g/mol. The Bertz CT molecular complexity index is 1020. The quantitative estimate of drug-likeness (QED) is 0.191. The molecule has 2 aromatic carbocycles. The third-order valence-corrected chi connectivity index (χ3v) is 6.06. The van der Waals surface area contributed by atoms with E-state index in [4.69, 9.17) is 9.47 Å². The van der Waals surface area contributed by atoms with Crippen molar-refractivity contribution < 1.29 is 27.6 Å². The van der Waals surface area contributed by atoms with Gasteiger partial charge in [0.15, 0.2) is 0 Å². The summed E-state index contributed by atoms with van der Waals surface area (Å²) in [5.74, 6) is -0.141. The largest absolute Gasteiger partial charge is 0.490 e. The Morgan fingerprint density at radius 1 is 1.13 bits per heavy atom. The van der Waals surface area contributed by atoms with Crippen molar-refractivity contribution in [3.8, 4) is 5.75 Å². The molecule has 0 bridgehead atoms. The lowest BCUT2D eigenvalue weighted by molar-refractivity contribution is -0.387. The summed E-state index contributed by atoms with van der Waals surface area (Å²) in [6.07, 6.45) is 1.65. The number of nitro benzene ring substituents is 1. The molecule has 0 aliphatic carbocycles. The first-order valence-corrected chi connectivity index (χ1v) is 11.5. The van der Waals surface area contributed by atoms with Crippen LogP contribution in [0.3, 0.4) is 0 Å². The average molecular weight is 455 g/mol. The second-order valence-corrected chi connectivity index (χ2v) is 8.92. The van der Waals surface area contributed by atoms with Crippen LogP contribution < -0.4 is 9.46 Å². The number of hydrogen-bond donors (Lipinski definition) is 1. The lowest BCUT2D eigenvalue weighted by Gasteiger charge is -2.10. The van der Waals surface area contributed by atoms with Gasteiger partial charge in [-0.2, -0.15) is 4.72 Å². The van der Waals surface area contributed by atoms with Crippen molar-refractivity contribution in [2.45, 2.75) is 23.6 Å². The van der Waals surface area contributed by atoms with Gasteiger partial charge < -0.3 is 9.47 Å². The van der Waals surface area contributed by atoms with E-state index in [1.165, 1.54) is 12.1 Å². The molecule has 0 fully saturated rings. The molecule has 0 aromatic heterocycles. The van der Waals surface area contributed by atoms with Gasteiger partial charge >= 0.3 is 5.97 Å². The smallest absolute Gasteiger partial charge is 0.321 e. The second kappa shape index (κ2) is 10.4. The summed E-state index contributed by atoms with van der Waals surface area (Å²) >= 11 is 1.13. The van der Waals surface area contributed by atoms with E-state index in [-0.39, 0.29) is 23.8 Å².